The van der Waals surface area contributed by atoms with Crippen LogP contribution in [0.1, 0.15) is 39.0 Å². The van der Waals surface area contributed by atoms with Crippen molar-refractivity contribution in [2.45, 2.75) is 6.92 Å². The Labute approximate surface area is 138 Å². The summed E-state index contributed by atoms with van der Waals surface area (Å²) in [6, 6.07) is 16.2. The van der Waals surface area contributed by atoms with E-state index in [1.54, 1.807) is 24.3 Å². The van der Waals surface area contributed by atoms with Gasteiger partial charge < -0.3 is 4.84 Å². The lowest BCUT2D eigenvalue weighted by atomic mass is 9.90. The molecule has 0 spiro atoms. The predicted octanol–water partition coefficient (Wildman–Crippen LogP) is 2.77. The molecule has 0 fully saturated rings. The summed E-state index contributed by atoms with van der Waals surface area (Å²) in [6.45, 7) is 2.18. The fourth-order valence-corrected chi connectivity index (χ4v) is 2.92. The molecule has 24 heavy (non-hydrogen) atoms. The van der Waals surface area contributed by atoms with Gasteiger partial charge in [0.05, 0.1) is 0 Å². The minimum Gasteiger partial charge on any atom is -0.412 e. The van der Waals surface area contributed by atoms with Crippen LogP contribution in [0.2, 0.25) is 0 Å². The van der Waals surface area contributed by atoms with Crippen LogP contribution in [0.25, 0.3) is 11.4 Å². The van der Waals surface area contributed by atoms with Gasteiger partial charge in [0, 0.05) is 16.7 Å². The van der Waals surface area contributed by atoms with E-state index in [1.807, 2.05) is 37.3 Å². The third kappa shape index (κ3) is 1.98. The summed E-state index contributed by atoms with van der Waals surface area (Å²) >= 11 is 0. The summed E-state index contributed by atoms with van der Waals surface area (Å²) in [5.41, 5.74) is 1.89. The number of benzene rings is 2. The van der Waals surface area contributed by atoms with Crippen LogP contribution in [0.15, 0.2) is 54.6 Å². The predicted molar refractivity (Wildman–Crippen MR) is 88.1 cm³/mol. The van der Waals surface area contributed by atoms with Gasteiger partial charge in [0.25, 0.3) is 0 Å². The number of hydrogen-bond donors (Lipinski definition) is 0. The topological polar surface area (TPSA) is 61.2 Å². The third-order valence-corrected chi connectivity index (χ3v) is 3.97. The molecule has 4 rings (SSSR count). The second-order valence-corrected chi connectivity index (χ2v) is 5.41. The highest BCUT2D eigenvalue weighted by molar-refractivity contribution is 6.27. The lowest BCUT2D eigenvalue weighted by Gasteiger charge is -2.16. The molecule has 118 valence electrons. The first-order valence-electron chi connectivity index (χ1n) is 7.72. The molecule has 5 heteroatoms. The molecule has 1 aliphatic rings. The number of rotatable bonds is 3. The van der Waals surface area contributed by atoms with Gasteiger partial charge >= 0.3 is 0 Å². The highest BCUT2D eigenvalue weighted by Crippen LogP contribution is 2.30. The van der Waals surface area contributed by atoms with Crippen LogP contribution < -0.4 is 4.84 Å². The van der Waals surface area contributed by atoms with Gasteiger partial charge in [0.1, 0.15) is 12.3 Å². The molecule has 0 aliphatic heterocycles. The molecule has 0 unspecified atom stereocenters. The van der Waals surface area contributed by atoms with Crippen molar-refractivity contribution in [3.63, 3.8) is 0 Å². The van der Waals surface area contributed by atoms with Crippen LogP contribution in [0.5, 0.6) is 0 Å². The Balaban J connectivity index is 1.99. The summed E-state index contributed by atoms with van der Waals surface area (Å²) in [6.07, 6.45) is 0. The summed E-state index contributed by atoms with van der Waals surface area (Å²) in [5.74, 6) is -0.0453. The largest absolute Gasteiger partial charge is 0.412 e. The van der Waals surface area contributed by atoms with E-state index in [-0.39, 0.29) is 23.0 Å². The van der Waals surface area contributed by atoms with Gasteiger partial charge in [-0.15, -0.1) is 0 Å². The summed E-state index contributed by atoms with van der Waals surface area (Å²) in [4.78, 5) is 35.8. The van der Waals surface area contributed by atoms with E-state index in [0.29, 0.717) is 23.6 Å². The van der Waals surface area contributed by atoms with Crippen molar-refractivity contribution in [3.05, 3.63) is 77.1 Å². The normalized spacial score (nSPS) is 12.7. The Kier molecular flexibility index (Phi) is 3.27. The zero-order valence-corrected chi connectivity index (χ0v) is 13.0. The molecule has 0 atom stereocenters. The van der Waals surface area contributed by atoms with Crippen LogP contribution in [-0.4, -0.2) is 27.9 Å². The van der Waals surface area contributed by atoms with Gasteiger partial charge in [-0.1, -0.05) is 54.6 Å². The van der Waals surface area contributed by atoms with Crippen LogP contribution in [0.4, 0.5) is 0 Å². The molecule has 0 saturated heterocycles. The molecule has 1 aliphatic carbocycles. The third-order valence-electron chi connectivity index (χ3n) is 3.97. The maximum absolute atomic E-state index is 12.9. The summed E-state index contributed by atoms with van der Waals surface area (Å²) in [5, 5.41) is 0. The van der Waals surface area contributed by atoms with Crippen molar-refractivity contribution in [3.8, 4) is 11.4 Å². The highest BCUT2D eigenvalue weighted by Gasteiger charge is 2.36. The van der Waals surface area contributed by atoms with Crippen molar-refractivity contribution in [1.82, 2.24) is 9.71 Å². The summed E-state index contributed by atoms with van der Waals surface area (Å²) < 4.78 is 1.39. The van der Waals surface area contributed by atoms with Crippen LogP contribution in [0.3, 0.4) is 0 Å². The fraction of sp³-hybridized carbons (Fsp3) is 0.105. The van der Waals surface area contributed by atoms with Crippen molar-refractivity contribution in [1.29, 1.82) is 0 Å². The first-order valence-corrected chi connectivity index (χ1v) is 7.72. The molecular weight excluding hydrogens is 304 g/mol. The van der Waals surface area contributed by atoms with E-state index >= 15 is 0 Å². The van der Waals surface area contributed by atoms with Gasteiger partial charge in [-0.2, -0.15) is 4.73 Å². The standard InChI is InChI=1S/C19H14N2O3/c1-2-24-21-16-15(20-19(21)12-8-4-3-5-9-12)17(22)13-10-6-7-11-14(13)18(16)23/h3-11H,2H2,1H3. The molecule has 5 nitrogen and oxygen atoms in total. The molecule has 1 aromatic heterocycles. The Morgan fingerprint density at radius 1 is 0.917 bits per heavy atom. The van der Waals surface area contributed by atoms with E-state index in [0.717, 1.165) is 5.56 Å². The Bertz CT molecular complexity index is 958. The lowest BCUT2D eigenvalue weighted by molar-refractivity contribution is 0.0890. The number of carbonyl (C=O) groups excluding carboxylic acids is 2. The SMILES string of the molecule is CCOn1c(-c2ccccc2)nc2c1C(=O)c1ccccc1C2=O. The number of imidazole rings is 1. The Hall–Kier alpha value is -3.21. The van der Waals surface area contributed by atoms with Crippen LogP contribution >= 0.6 is 0 Å². The number of carbonyl (C=O) groups is 2. The monoisotopic (exact) mass is 318 g/mol. The van der Waals surface area contributed by atoms with Crippen molar-refractivity contribution >= 4 is 11.6 Å². The number of aromatic nitrogens is 2. The zero-order valence-electron chi connectivity index (χ0n) is 13.0. The zero-order chi connectivity index (χ0) is 16.7. The second-order valence-electron chi connectivity index (χ2n) is 5.41. The van der Waals surface area contributed by atoms with Crippen molar-refractivity contribution in [2.24, 2.45) is 0 Å². The molecule has 0 N–H and O–H groups in total. The number of fused-ring (bicyclic) bond motifs is 2. The minimum atomic E-state index is -0.254. The maximum atomic E-state index is 12.9. The maximum Gasteiger partial charge on any atom is 0.216 e. The lowest BCUT2D eigenvalue weighted by Crippen LogP contribution is -2.26. The Morgan fingerprint density at radius 3 is 2.21 bits per heavy atom. The van der Waals surface area contributed by atoms with Gasteiger partial charge in [0.2, 0.25) is 11.6 Å². The Morgan fingerprint density at radius 2 is 1.54 bits per heavy atom. The molecule has 0 radical (unpaired) electrons. The molecule has 0 amide bonds. The number of hydrogen-bond acceptors (Lipinski definition) is 4. The molecule has 3 aromatic rings. The van der Waals surface area contributed by atoms with E-state index in [9.17, 15) is 9.59 Å². The van der Waals surface area contributed by atoms with E-state index in [4.69, 9.17) is 4.84 Å². The molecule has 0 bridgehead atoms. The van der Waals surface area contributed by atoms with Crippen molar-refractivity contribution < 1.29 is 14.4 Å². The number of nitrogens with zero attached hydrogens (tertiary/aromatic N) is 2. The van der Waals surface area contributed by atoms with E-state index in [1.165, 1.54) is 4.73 Å². The van der Waals surface area contributed by atoms with Gasteiger partial charge in [-0.3, -0.25) is 9.59 Å². The molecule has 1 heterocycles. The summed E-state index contributed by atoms with van der Waals surface area (Å²) in [7, 11) is 0. The first kappa shape index (κ1) is 14.4. The molecule has 2 aromatic carbocycles. The highest BCUT2D eigenvalue weighted by atomic mass is 16.7. The van der Waals surface area contributed by atoms with Gasteiger partial charge in [-0.25, -0.2) is 4.98 Å². The fourth-order valence-electron chi connectivity index (χ4n) is 2.92. The minimum absolute atomic E-state index is 0.144. The number of ketones is 2. The average molecular weight is 318 g/mol. The first-order chi connectivity index (χ1) is 11.7. The van der Waals surface area contributed by atoms with Gasteiger partial charge in [-0.05, 0) is 6.92 Å². The molecule has 0 saturated carbocycles. The van der Waals surface area contributed by atoms with E-state index < -0.39 is 0 Å². The average Bonchev–Trinajstić information content (AvgIpc) is 3.01. The molecular formula is C19H14N2O3. The van der Waals surface area contributed by atoms with Gasteiger partial charge in [0.15, 0.2) is 11.5 Å². The van der Waals surface area contributed by atoms with Crippen LogP contribution in [-0.2, 0) is 0 Å². The van der Waals surface area contributed by atoms with Crippen molar-refractivity contribution in [2.75, 3.05) is 6.61 Å². The van der Waals surface area contributed by atoms with E-state index in [2.05, 4.69) is 4.98 Å². The van der Waals surface area contributed by atoms with Crippen LogP contribution in [0, 0.1) is 0 Å². The second kappa shape index (κ2) is 5.45. The quantitative estimate of drug-likeness (QED) is 0.583. The smallest absolute Gasteiger partial charge is 0.216 e.